The fourth-order valence-electron chi connectivity index (χ4n) is 5.26. The summed E-state index contributed by atoms with van der Waals surface area (Å²) >= 11 is -1.77. The Morgan fingerprint density at radius 3 is 2.26 bits per heavy atom. The molecule has 0 aliphatic rings. The first-order valence-corrected chi connectivity index (χ1v) is 22.1. The number of furan rings is 1. The van der Waals surface area contributed by atoms with Gasteiger partial charge < -0.3 is 9.40 Å². The molecule has 0 fully saturated rings. The maximum Gasteiger partial charge on any atom is 0 e. The normalized spacial score (nSPS) is 12.7. The van der Waals surface area contributed by atoms with Gasteiger partial charge >= 0.3 is 123 Å². The molecule has 5 aromatic carbocycles. The maximum absolute atomic E-state index is 8.22. The van der Waals surface area contributed by atoms with E-state index in [1.54, 1.807) is 18.3 Å². The standard InChI is InChI=1S/C23H14NO.C18H18GeN.Ir/c1-2-7-16(8-3-1)17-12-13-18-19-9-6-10-20(21-11-4-5-14-24-21)23(19)25-22(18)15-17;1-19(2,3)17-10-11-18(20-13-17)16-9-8-14-6-4-5-7-15(14)12-16;/h1-9,11-15H;4-8,10-13H,1-3H3;/q2*-1;/i1D,2D,3D,7D,8D;;. The number of hydrogen-bond acceptors (Lipinski definition) is 3. The van der Waals surface area contributed by atoms with Crippen LogP contribution >= 0.6 is 0 Å². The van der Waals surface area contributed by atoms with Crippen molar-refractivity contribution in [3.63, 3.8) is 0 Å². The van der Waals surface area contributed by atoms with Crippen LogP contribution in [0.5, 0.6) is 0 Å². The fraction of sp³-hybridized carbons (Fsp3) is 0.0732. The van der Waals surface area contributed by atoms with Crippen LogP contribution in [0.1, 0.15) is 6.85 Å². The Morgan fingerprint density at radius 2 is 1.52 bits per heavy atom. The Balaban J connectivity index is 0.000000186. The van der Waals surface area contributed by atoms with Crippen LogP contribution in [0.3, 0.4) is 0 Å². The van der Waals surface area contributed by atoms with Crippen LogP contribution in [0, 0.1) is 12.1 Å². The summed E-state index contributed by atoms with van der Waals surface area (Å²) < 4.78 is 47.6. The Bertz CT molecular complexity index is 2510. The molecule has 1 radical (unpaired) electrons. The topological polar surface area (TPSA) is 38.9 Å². The number of fused-ring (bicyclic) bond motifs is 4. The molecule has 0 amide bonds. The molecule has 0 spiro atoms. The molecule has 5 heteroatoms. The third-order valence-electron chi connectivity index (χ3n) is 7.73. The SMILES string of the molecule is [2H]c1c([2H])c([2H])c(-c2ccc3c(c2)oc2c(-c4ccccn4)[c-]ccc23)c([2H])c1[2H].[CH3][Ge]([CH3])([CH3])[c]1ccc(-c2[c-]cc3ccccc3c2)nc1.[Ir]. The number of rotatable bonds is 4. The van der Waals surface area contributed by atoms with Gasteiger partial charge in [-0.25, -0.2) is 0 Å². The van der Waals surface area contributed by atoms with Crippen LogP contribution in [0.25, 0.3) is 66.4 Å². The molecule has 0 atom stereocenters. The van der Waals surface area contributed by atoms with Gasteiger partial charge in [0.15, 0.2) is 0 Å². The summed E-state index contributed by atoms with van der Waals surface area (Å²) in [6, 6.07) is 36.5. The van der Waals surface area contributed by atoms with E-state index in [9.17, 15) is 0 Å². The van der Waals surface area contributed by atoms with Crippen LogP contribution in [0.15, 0.2) is 144 Å². The zero-order valence-electron chi connectivity index (χ0n) is 30.5. The van der Waals surface area contributed by atoms with Crippen molar-refractivity contribution in [3.05, 3.63) is 152 Å². The first-order valence-electron chi connectivity index (χ1n) is 17.2. The minimum atomic E-state index is -1.77. The zero-order chi connectivity index (χ0) is 35.2. The largest absolute Gasteiger partial charge is 0 e. The quantitative estimate of drug-likeness (QED) is 0.131. The molecule has 227 valence electrons. The van der Waals surface area contributed by atoms with Crippen LogP contribution in [-0.4, -0.2) is 23.2 Å². The van der Waals surface area contributed by atoms with Gasteiger partial charge in [0.05, 0.1) is 12.4 Å². The molecule has 3 aromatic heterocycles. The van der Waals surface area contributed by atoms with E-state index in [1.807, 2.05) is 42.5 Å². The van der Waals surface area contributed by atoms with Gasteiger partial charge in [0.25, 0.3) is 0 Å². The maximum atomic E-state index is 8.22. The minimum Gasteiger partial charge on any atom is 0 e. The van der Waals surface area contributed by atoms with E-state index in [4.69, 9.17) is 11.3 Å². The molecule has 0 bridgehead atoms. The van der Waals surface area contributed by atoms with Gasteiger partial charge in [-0.3, -0.25) is 0 Å². The second-order valence-electron chi connectivity index (χ2n) is 11.8. The van der Waals surface area contributed by atoms with Crippen molar-refractivity contribution in [2.45, 2.75) is 17.3 Å². The smallest absolute Gasteiger partial charge is 0 e. The molecule has 0 saturated heterocycles. The summed E-state index contributed by atoms with van der Waals surface area (Å²) in [7, 11) is 0. The Kier molecular flexibility index (Phi) is 7.61. The van der Waals surface area contributed by atoms with Gasteiger partial charge in [0.2, 0.25) is 0 Å². The summed E-state index contributed by atoms with van der Waals surface area (Å²) in [4.78, 5) is 9.02. The molecule has 0 unspecified atom stereocenters. The molecular weight excluding hydrogens is 801 g/mol. The summed E-state index contributed by atoms with van der Waals surface area (Å²) in [6.45, 7) is 0. The zero-order valence-corrected chi connectivity index (χ0v) is 30.0. The minimum absolute atomic E-state index is 0. The Labute approximate surface area is 293 Å². The monoisotopic (exact) mass is 840 g/mol. The number of nitrogens with zero attached hydrogens (tertiary/aromatic N) is 2. The predicted octanol–water partition coefficient (Wildman–Crippen LogP) is 10.4. The predicted molar refractivity (Wildman–Crippen MR) is 190 cm³/mol. The van der Waals surface area contributed by atoms with Crippen molar-refractivity contribution in [1.29, 1.82) is 0 Å². The second kappa shape index (κ2) is 13.6. The molecule has 0 saturated carbocycles. The first-order chi connectivity index (χ1) is 24.0. The van der Waals surface area contributed by atoms with E-state index < -0.39 is 19.3 Å². The van der Waals surface area contributed by atoms with E-state index in [2.05, 4.69) is 88.0 Å². The molecule has 3 nitrogen and oxygen atoms in total. The Hall–Kier alpha value is -4.35. The van der Waals surface area contributed by atoms with Crippen LogP contribution in [-0.2, 0) is 20.1 Å². The van der Waals surface area contributed by atoms with Crippen molar-refractivity contribution in [2.75, 3.05) is 0 Å². The molecular formula is C41H32GeIrN2O-2. The van der Waals surface area contributed by atoms with Crippen molar-refractivity contribution in [2.24, 2.45) is 0 Å². The van der Waals surface area contributed by atoms with Crippen molar-refractivity contribution < 1.29 is 31.4 Å². The van der Waals surface area contributed by atoms with Crippen molar-refractivity contribution in [1.82, 2.24) is 9.97 Å². The summed E-state index contributed by atoms with van der Waals surface area (Å²) in [5, 5.41) is 4.22. The summed E-state index contributed by atoms with van der Waals surface area (Å²) in [5.74, 6) is 7.16. The number of benzene rings is 5. The van der Waals surface area contributed by atoms with Gasteiger partial charge in [-0.15, -0.1) is 18.2 Å². The molecule has 0 aliphatic heterocycles. The van der Waals surface area contributed by atoms with Crippen LogP contribution in [0.2, 0.25) is 17.3 Å². The summed E-state index contributed by atoms with van der Waals surface area (Å²) in [6.07, 6.45) is 3.76. The third-order valence-corrected chi connectivity index (χ3v) is 12.0. The molecule has 3 heterocycles. The number of hydrogen-bond donors (Lipinski definition) is 0. The number of aromatic nitrogens is 2. The number of pyridine rings is 2. The van der Waals surface area contributed by atoms with E-state index >= 15 is 0 Å². The Morgan fingerprint density at radius 1 is 0.717 bits per heavy atom. The average molecular weight is 839 g/mol. The molecule has 0 N–H and O–H groups in total. The summed E-state index contributed by atoms with van der Waals surface area (Å²) in [5.41, 5.74) is 5.42. The van der Waals surface area contributed by atoms with Crippen molar-refractivity contribution in [3.8, 4) is 33.6 Å². The molecule has 8 aromatic rings. The molecule has 8 rings (SSSR count). The van der Waals surface area contributed by atoms with Gasteiger partial charge in [0, 0.05) is 31.7 Å². The molecule has 0 aliphatic carbocycles. The van der Waals surface area contributed by atoms with E-state index in [1.165, 1.54) is 15.2 Å². The van der Waals surface area contributed by atoms with Crippen LogP contribution in [0.4, 0.5) is 0 Å². The molecule has 46 heavy (non-hydrogen) atoms. The average Bonchev–Trinajstić information content (AvgIpc) is 3.51. The van der Waals surface area contributed by atoms with Crippen molar-refractivity contribution >= 4 is 50.4 Å². The van der Waals surface area contributed by atoms with Gasteiger partial charge in [-0.1, -0.05) is 65.4 Å². The van der Waals surface area contributed by atoms with E-state index in [-0.39, 0.29) is 49.8 Å². The van der Waals surface area contributed by atoms with Gasteiger partial charge in [-0.05, 0) is 29.0 Å². The second-order valence-corrected chi connectivity index (χ2v) is 22.4. The van der Waals surface area contributed by atoms with E-state index in [0.29, 0.717) is 16.7 Å². The van der Waals surface area contributed by atoms with Crippen LogP contribution < -0.4 is 4.40 Å². The third kappa shape index (κ3) is 6.61. The van der Waals surface area contributed by atoms with Gasteiger partial charge in [0.1, 0.15) is 5.58 Å². The first kappa shape index (κ1) is 25.8. The fourth-order valence-corrected chi connectivity index (χ4v) is 7.44. The van der Waals surface area contributed by atoms with Gasteiger partial charge in [-0.2, -0.15) is 0 Å². The van der Waals surface area contributed by atoms with E-state index in [0.717, 1.165) is 33.3 Å².